The van der Waals surface area contributed by atoms with Crippen LogP contribution in [-0.2, 0) is 11.2 Å². The van der Waals surface area contributed by atoms with Crippen molar-refractivity contribution in [3.05, 3.63) is 77.9 Å². The molecule has 0 saturated heterocycles. The first-order valence-electron chi connectivity index (χ1n) is 7.69. The maximum absolute atomic E-state index is 12.1. The molecule has 0 unspecified atom stereocenters. The third-order valence-electron chi connectivity index (χ3n) is 3.73. The fraction of sp³-hybridized carbons (Fsp3) is 0.100. The molecular formula is C20H18N2O2. The minimum Gasteiger partial charge on any atom is -0.497 e. The van der Waals surface area contributed by atoms with Gasteiger partial charge in [0.05, 0.1) is 19.7 Å². The van der Waals surface area contributed by atoms with Crippen molar-refractivity contribution >= 4 is 22.9 Å². The molecule has 120 valence electrons. The largest absolute Gasteiger partial charge is 0.497 e. The van der Waals surface area contributed by atoms with Crippen LogP contribution in [0.2, 0.25) is 0 Å². The van der Waals surface area contributed by atoms with Crippen LogP contribution in [0, 0.1) is 0 Å². The molecule has 0 aromatic heterocycles. The zero-order chi connectivity index (χ0) is 16.8. The lowest BCUT2D eigenvalue weighted by atomic mass is 10.0. The van der Waals surface area contributed by atoms with E-state index >= 15 is 0 Å². The molecule has 1 amide bonds. The lowest BCUT2D eigenvalue weighted by Gasteiger charge is -2.05. The van der Waals surface area contributed by atoms with Crippen molar-refractivity contribution in [3.63, 3.8) is 0 Å². The smallest absolute Gasteiger partial charge is 0.244 e. The number of hydrogen-bond acceptors (Lipinski definition) is 3. The molecule has 0 saturated carbocycles. The first kappa shape index (κ1) is 15.7. The van der Waals surface area contributed by atoms with Crippen LogP contribution in [-0.4, -0.2) is 19.2 Å². The van der Waals surface area contributed by atoms with Gasteiger partial charge in [0.2, 0.25) is 5.91 Å². The Kier molecular flexibility index (Phi) is 4.87. The molecule has 3 rings (SSSR count). The number of fused-ring (bicyclic) bond motifs is 1. The lowest BCUT2D eigenvalue weighted by molar-refractivity contribution is -0.120. The standard InChI is InChI=1S/C20H18N2O2/c1-24-18-10-4-6-15(12-18)14-21-22-20(23)13-17-9-5-8-16-7-2-3-11-19(16)17/h2-12,14H,13H2,1H3,(H,22,23). The average Bonchev–Trinajstić information content (AvgIpc) is 2.62. The van der Waals surface area contributed by atoms with Crippen molar-refractivity contribution in [2.45, 2.75) is 6.42 Å². The number of carbonyl (C=O) groups excluding carboxylic acids is 1. The molecule has 0 atom stereocenters. The van der Waals surface area contributed by atoms with Crippen molar-refractivity contribution in [2.75, 3.05) is 7.11 Å². The summed E-state index contributed by atoms with van der Waals surface area (Å²) in [4.78, 5) is 12.1. The molecule has 0 radical (unpaired) electrons. The summed E-state index contributed by atoms with van der Waals surface area (Å²) in [5.74, 6) is 0.603. The van der Waals surface area contributed by atoms with E-state index in [1.165, 1.54) is 0 Å². The zero-order valence-corrected chi connectivity index (χ0v) is 13.4. The average molecular weight is 318 g/mol. The van der Waals surface area contributed by atoms with Crippen LogP contribution in [0.4, 0.5) is 0 Å². The lowest BCUT2D eigenvalue weighted by Crippen LogP contribution is -2.19. The first-order valence-corrected chi connectivity index (χ1v) is 7.69. The number of nitrogens with one attached hydrogen (secondary N) is 1. The highest BCUT2D eigenvalue weighted by atomic mass is 16.5. The van der Waals surface area contributed by atoms with Crippen molar-refractivity contribution < 1.29 is 9.53 Å². The van der Waals surface area contributed by atoms with E-state index in [4.69, 9.17) is 4.74 Å². The number of hydrazone groups is 1. The van der Waals surface area contributed by atoms with Gasteiger partial charge in [0.15, 0.2) is 0 Å². The molecule has 24 heavy (non-hydrogen) atoms. The first-order chi connectivity index (χ1) is 11.8. The molecule has 0 aliphatic heterocycles. The van der Waals surface area contributed by atoms with E-state index in [9.17, 15) is 4.79 Å². The van der Waals surface area contributed by atoms with Gasteiger partial charge in [-0.3, -0.25) is 4.79 Å². The Morgan fingerprint density at radius 3 is 2.75 bits per heavy atom. The highest BCUT2D eigenvalue weighted by Crippen LogP contribution is 2.18. The van der Waals surface area contributed by atoms with E-state index in [1.54, 1.807) is 13.3 Å². The zero-order valence-electron chi connectivity index (χ0n) is 13.4. The molecule has 3 aromatic rings. The Hall–Kier alpha value is -3.14. The van der Waals surface area contributed by atoms with Crippen molar-refractivity contribution in [2.24, 2.45) is 5.10 Å². The maximum atomic E-state index is 12.1. The molecule has 4 heteroatoms. The van der Waals surface area contributed by atoms with Crippen molar-refractivity contribution in [1.82, 2.24) is 5.43 Å². The summed E-state index contributed by atoms with van der Waals surface area (Å²) < 4.78 is 5.15. The number of nitrogens with zero attached hydrogens (tertiary/aromatic N) is 1. The summed E-state index contributed by atoms with van der Waals surface area (Å²) in [6, 6.07) is 21.5. The van der Waals surface area contributed by atoms with Crippen molar-refractivity contribution in [1.29, 1.82) is 0 Å². The second kappa shape index (κ2) is 7.42. The fourth-order valence-electron chi connectivity index (χ4n) is 2.56. The third kappa shape index (κ3) is 3.79. The van der Waals surface area contributed by atoms with Gasteiger partial charge in [-0.25, -0.2) is 5.43 Å². The second-order valence-electron chi connectivity index (χ2n) is 5.38. The van der Waals surface area contributed by atoms with Crippen LogP contribution in [0.25, 0.3) is 10.8 Å². The predicted octanol–water partition coefficient (Wildman–Crippen LogP) is 3.54. The summed E-state index contributed by atoms with van der Waals surface area (Å²) >= 11 is 0. The Morgan fingerprint density at radius 2 is 1.88 bits per heavy atom. The van der Waals surface area contributed by atoms with Gasteiger partial charge in [0.1, 0.15) is 5.75 Å². The van der Waals surface area contributed by atoms with E-state index in [1.807, 2.05) is 66.7 Å². The van der Waals surface area contributed by atoms with Crippen molar-refractivity contribution in [3.8, 4) is 5.75 Å². The van der Waals surface area contributed by atoms with Crippen LogP contribution in [0.15, 0.2) is 71.8 Å². The quantitative estimate of drug-likeness (QED) is 0.578. The van der Waals surface area contributed by atoms with E-state index in [-0.39, 0.29) is 12.3 Å². The van der Waals surface area contributed by atoms with Gasteiger partial charge >= 0.3 is 0 Å². The number of hydrogen-bond donors (Lipinski definition) is 1. The van der Waals surface area contributed by atoms with Gasteiger partial charge in [-0.2, -0.15) is 5.10 Å². The maximum Gasteiger partial charge on any atom is 0.244 e. The third-order valence-corrected chi connectivity index (χ3v) is 3.73. The number of methoxy groups -OCH3 is 1. The van der Waals surface area contributed by atoms with E-state index in [2.05, 4.69) is 10.5 Å². The summed E-state index contributed by atoms with van der Waals surface area (Å²) in [6.45, 7) is 0. The molecule has 0 fully saturated rings. The van der Waals surface area contributed by atoms with Gasteiger partial charge < -0.3 is 4.74 Å². The van der Waals surface area contributed by atoms with Crippen LogP contribution >= 0.6 is 0 Å². The van der Waals surface area contributed by atoms with Crippen LogP contribution in [0.5, 0.6) is 5.75 Å². The number of amides is 1. The Morgan fingerprint density at radius 1 is 1.08 bits per heavy atom. The van der Waals surface area contributed by atoms with Gasteiger partial charge in [0.25, 0.3) is 0 Å². The fourth-order valence-corrected chi connectivity index (χ4v) is 2.56. The number of ether oxygens (including phenoxy) is 1. The number of benzene rings is 3. The Labute approximate surface area is 140 Å². The van der Waals surface area contributed by atoms with E-state index < -0.39 is 0 Å². The molecule has 3 aromatic carbocycles. The molecule has 4 nitrogen and oxygen atoms in total. The van der Waals surface area contributed by atoms with E-state index in [0.717, 1.165) is 27.6 Å². The van der Waals surface area contributed by atoms with Gasteiger partial charge in [-0.15, -0.1) is 0 Å². The monoisotopic (exact) mass is 318 g/mol. The Balaban J connectivity index is 1.66. The highest BCUT2D eigenvalue weighted by molar-refractivity contribution is 5.90. The number of carbonyl (C=O) groups is 1. The molecule has 0 spiro atoms. The Bertz CT molecular complexity index is 882. The minimum absolute atomic E-state index is 0.148. The topological polar surface area (TPSA) is 50.7 Å². The van der Waals surface area contributed by atoms with Crippen LogP contribution in [0.1, 0.15) is 11.1 Å². The minimum atomic E-state index is -0.148. The molecule has 0 aliphatic rings. The summed E-state index contributed by atoms with van der Waals surface area (Å²) in [5, 5.41) is 6.23. The molecule has 1 N–H and O–H groups in total. The summed E-state index contributed by atoms with van der Waals surface area (Å²) in [7, 11) is 1.61. The van der Waals surface area contributed by atoms with Gasteiger partial charge in [-0.1, -0.05) is 54.6 Å². The molecular weight excluding hydrogens is 300 g/mol. The van der Waals surface area contributed by atoms with Crippen LogP contribution in [0.3, 0.4) is 0 Å². The predicted molar refractivity (Wildman–Crippen MR) is 96.4 cm³/mol. The van der Waals surface area contributed by atoms with Gasteiger partial charge in [-0.05, 0) is 34.0 Å². The van der Waals surface area contributed by atoms with E-state index in [0.29, 0.717) is 0 Å². The second-order valence-corrected chi connectivity index (χ2v) is 5.38. The summed E-state index contributed by atoms with van der Waals surface area (Å²) in [6.07, 6.45) is 1.89. The molecule has 0 aliphatic carbocycles. The normalized spacial score (nSPS) is 10.9. The molecule has 0 heterocycles. The van der Waals surface area contributed by atoms with Crippen LogP contribution < -0.4 is 10.2 Å². The number of rotatable bonds is 5. The molecule has 0 bridgehead atoms. The highest BCUT2D eigenvalue weighted by Gasteiger charge is 2.05. The SMILES string of the molecule is COc1cccc(C=NNC(=O)Cc2cccc3ccccc23)c1. The van der Waals surface area contributed by atoms with Gasteiger partial charge in [0, 0.05) is 0 Å². The summed E-state index contributed by atoms with van der Waals surface area (Å²) in [5.41, 5.74) is 4.42.